The predicted octanol–water partition coefficient (Wildman–Crippen LogP) is 2.65. The number of phenolic OH excluding ortho intramolecular Hbond substituents is 1. The van der Waals surface area contributed by atoms with E-state index in [4.69, 9.17) is 0 Å². The van der Waals surface area contributed by atoms with Crippen LogP contribution in [0, 0.1) is 0 Å². The minimum absolute atomic E-state index is 0.00828. The number of benzene rings is 2. The van der Waals surface area contributed by atoms with Crippen LogP contribution in [-0.4, -0.2) is 44.7 Å². The number of anilines is 2. The fourth-order valence-corrected chi connectivity index (χ4v) is 4.18. The van der Waals surface area contributed by atoms with E-state index in [9.17, 15) is 19.5 Å². The van der Waals surface area contributed by atoms with Gasteiger partial charge in [-0.3, -0.25) is 9.59 Å². The molecule has 1 fully saturated rings. The van der Waals surface area contributed by atoms with Crippen molar-refractivity contribution >= 4 is 29.7 Å². The summed E-state index contributed by atoms with van der Waals surface area (Å²) >= 11 is 0. The van der Waals surface area contributed by atoms with E-state index in [1.54, 1.807) is 47.4 Å². The van der Waals surface area contributed by atoms with Gasteiger partial charge in [0.25, 0.3) is 5.56 Å². The number of H-pyrrole nitrogens is 1. The monoisotopic (exact) mass is 444 g/mol. The molecule has 2 aliphatic heterocycles. The summed E-state index contributed by atoms with van der Waals surface area (Å²) in [6, 6.07) is 14.7. The number of nitrogens with one attached hydrogen (secondary N) is 2. The van der Waals surface area contributed by atoms with E-state index in [1.807, 2.05) is 6.07 Å². The number of carbonyl (C=O) groups is 2. The third kappa shape index (κ3) is 3.61. The fraction of sp³-hybridized carbons (Fsp3) is 0.174. The molecular weight excluding hydrogens is 424 g/mol. The zero-order valence-electron chi connectivity index (χ0n) is 17.4. The Bertz CT molecular complexity index is 1320. The molecule has 1 aromatic heterocycles. The largest absolute Gasteiger partial charge is 0.507 e. The molecule has 3 heterocycles. The minimum Gasteiger partial charge on any atom is -0.507 e. The first-order valence-electron chi connectivity index (χ1n) is 10.5. The van der Waals surface area contributed by atoms with Crippen molar-refractivity contribution in [2.45, 2.75) is 18.9 Å². The Morgan fingerprint density at radius 1 is 1.15 bits per heavy atom. The van der Waals surface area contributed by atoms with Gasteiger partial charge >= 0.3 is 11.9 Å². The first kappa shape index (κ1) is 20.4. The minimum atomic E-state index is -0.754. The summed E-state index contributed by atoms with van der Waals surface area (Å²) in [5, 5.41) is 13.6. The molecule has 0 spiro atoms. The number of aromatic amines is 1. The van der Waals surface area contributed by atoms with Crippen molar-refractivity contribution in [2.75, 3.05) is 11.4 Å². The number of nitrogens with zero attached hydrogens (tertiary/aromatic N) is 4. The van der Waals surface area contributed by atoms with Gasteiger partial charge in [-0.25, -0.2) is 20.1 Å². The highest BCUT2D eigenvalue weighted by molar-refractivity contribution is 6.02. The smallest absolute Gasteiger partial charge is 0.330 e. The van der Waals surface area contributed by atoms with Crippen LogP contribution in [0.3, 0.4) is 0 Å². The lowest BCUT2D eigenvalue weighted by molar-refractivity contribution is 0.0944. The molecule has 1 unspecified atom stereocenters. The second-order valence-electron chi connectivity index (χ2n) is 7.71. The lowest BCUT2D eigenvalue weighted by Gasteiger charge is -2.37. The van der Waals surface area contributed by atoms with Crippen LogP contribution in [-0.2, 0) is 0 Å². The molecule has 33 heavy (non-hydrogen) atoms. The molecule has 1 saturated heterocycles. The van der Waals surface area contributed by atoms with Gasteiger partial charge in [-0.05, 0) is 37.1 Å². The Morgan fingerprint density at radius 2 is 1.91 bits per heavy atom. The molecule has 2 aliphatic rings. The summed E-state index contributed by atoms with van der Waals surface area (Å²) in [5.41, 5.74) is 3.15. The van der Waals surface area contributed by atoms with Crippen LogP contribution in [0.2, 0.25) is 0 Å². The van der Waals surface area contributed by atoms with Gasteiger partial charge in [0.15, 0.2) is 5.82 Å². The second kappa shape index (κ2) is 8.23. The lowest BCUT2D eigenvalue weighted by Crippen LogP contribution is -2.48. The number of phenols is 1. The molecule has 166 valence electrons. The maximum Gasteiger partial charge on any atom is 0.330 e. The number of rotatable bonds is 4. The highest BCUT2D eigenvalue weighted by Gasteiger charge is 2.44. The topological polar surface area (TPSA) is 131 Å². The number of hydrogen-bond acceptors (Lipinski definition) is 6. The van der Waals surface area contributed by atoms with Crippen LogP contribution in [0.5, 0.6) is 5.75 Å². The molecular formula is C23H20N6O4. The van der Waals surface area contributed by atoms with Gasteiger partial charge in [0.1, 0.15) is 5.75 Å². The molecule has 10 nitrogen and oxygen atoms in total. The SMILES string of the molecule is O=C(N/N=C/c1ccccc1O)c1nc2c(c(=O)[nH]1)C1CCCN1C(=O)N2c1ccccc1. The van der Waals surface area contributed by atoms with Crippen molar-refractivity contribution in [1.82, 2.24) is 20.3 Å². The number of aromatic hydroxyl groups is 1. The normalized spacial score (nSPS) is 17.2. The molecule has 3 amide bonds. The van der Waals surface area contributed by atoms with E-state index >= 15 is 0 Å². The molecule has 2 aromatic carbocycles. The molecule has 0 aliphatic carbocycles. The lowest BCUT2D eigenvalue weighted by atomic mass is 10.0. The molecule has 0 radical (unpaired) electrons. The number of carbonyl (C=O) groups excluding carboxylic acids is 2. The quantitative estimate of drug-likeness (QED) is 0.421. The van der Waals surface area contributed by atoms with Gasteiger partial charge in [-0.1, -0.05) is 30.3 Å². The maximum atomic E-state index is 13.3. The number of fused-ring (bicyclic) bond motifs is 3. The number of hydrogen-bond donors (Lipinski definition) is 3. The molecule has 0 saturated carbocycles. The molecule has 3 N–H and O–H groups in total. The third-order valence-electron chi connectivity index (χ3n) is 5.71. The number of aromatic nitrogens is 2. The van der Waals surface area contributed by atoms with Crippen LogP contribution in [0.15, 0.2) is 64.5 Å². The van der Waals surface area contributed by atoms with Gasteiger partial charge in [-0.15, -0.1) is 0 Å². The van der Waals surface area contributed by atoms with E-state index in [0.717, 1.165) is 6.42 Å². The first-order chi connectivity index (χ1) is 16.0. The van der Waals surface area contributed by atoms with Crippen molar-refractivity contribution in [3.8, 4) is 5.75 Å². The molecule has 0 bridgehead atoms. The second-order valence-corrected chi connectivity index (χ2v) is 7.71. The Labute approximate surface area is 188 Å². The first-order valence-corrected chi connectivity index (χ1v) is 10.5. The van der Waals surface area contributed by atoms with Crippen LogP contribution < -0.4 is 15.9 Å². The van der Waals surface area contributed by atoms with E-state index < -0.39 is 11.5 Å². The van der Waals surface area contributed by atoms with Gasteiger partial charge in [0, 0.05) is 12.1 Å². The van der Waals surface area contributed by atoms with Gasteiger partial charge in [-0.2, -0.15) is 5.10 Å². The van der Waals surface area contributed by atoms with Crippen LogP contribution >= 0.6 is 0 Å². The molecule has 3 aromatic rings. The number of urea groups is 1. The van der Waals surface area contributed by atoms with Gasteiger partial charge < -0.3 is 15.0 Å². The van der Waals surface area contributed by atoms with E-state index in [2.05, 4.69) is 20.5 Å². The highest BCUT2D eigenvalue weighted by Crippen LogP contribution is 2.42. The number of hydrazone groups is 1. The standard InChI is InChI=1S/C23H20N6O4/c30-17-11-5-4-7-14(17)13-24-27-22(32)19-25-20-18(21(31)26-19)16-10-6-12-28(16)23(33)29(20)15-8-2-1-3-9-15/h1-5,7-9,11,13,16,30H,6,10,12H2,(H,27,32)(H,25,26,31)/b24-13+. The zero-order chi connectivity index (χ0) is 22.9. The van der Waals surface area contributed by atoms with Gasteiger partial charge in [0.2, 0.25) is 5.82 Å². The van der Waals surface area contributed by atoms with Crippen molar-refractivity contribution in [1.29, 1.82) is 0 Å². The fourth-order valence-electron chi connectivity index (χ4n) is 4.18. The highest BCUT2D eigenvalue weighted by atomic mass is 16.3. The van der Waals surface area contributed by atoms with Crippen molar-refractivity contribution in [3.63, 3.8) is 0 Å². The van der Waals surface area contributed by atoms with E-state index in [0.29, 0.717) is 29.8 Å². The summed E-state index contributed by atoms with van der Waals surface area (Å²) in [6.45, 7) is 0.551. The number of amides is 3. The maximum absolute atomic E-state index is 13.3. The zero-order valence-corrected chi connectivity index (χ0v) is 17.4. The molecule has 10 heteroatoms. The average Bonchev–Trinajstić information content (AvgIpc) is 3.31. The Balaban J connectivity index is 1.52. The summed E-state index contributed by atoms with van der Waals surface area (Å²) in [7, 11) is 0. The Hall–Kier alpha value is -4.47. The molecule has 1 atom stereocenters. The average molecular weight is 444 g/mol. The third-order valence-corrected chi connectivity index (χ3v) is 5.71. The predicted molar refractivity (Wildman–Crippen MR) is 121 cm³/mol. The van der Waals surface area contributed by atoms with E-state index in [1.165, 1.54) is 17.2 Å². The Kier molecular flexibility index (Phi) is 5.09. The summed E-state index contributed by atoms with van der Waals surface area (Å²) < 4.78 is 0. The van der Waals surface area contributed by atoms with Gasteiger partial charge in [0.05, 0.1) is 23.5 Å². The summed E-state index contributed by atoms with van der Waals surface area (Å²) in [4.78, 5) is 48.9. The van der Waals surface area contributed by atoms with Crippen molar-refractivity contribution in [2.24, 2.45) is 5.10 Å². The number of para-hydroxylation sites is 2. The summed E-state index contributed by atoms with van der Waals surface area (Å²) in [6.07, 6.45) is 2.71. The van der Waals surface area contributed by atoms with E-state index in [-0.39, 0.29) is 29.5 Å². The summed E-state index contributed by atoms with van der Waals surface area (Å²) in [5.74, 6) is -0.869. The van der Waals surface area contributed by atoms with Crippen LogP contribution in [0.1, 0.15) is 40.6 Å². The molecule has 5 rings (SSSR count). The van der Waals surface area contributed by atoms with Crippen LogP contribution in [0.25, 0.3) is 0 Å². The van der Waals surface area contributed by atoms with Crippen molar-refractivity contribution in [3.05, 3.63) is 81.9 Å². The van der Waals surface area contributed by atoms with Crippen molar-refractivity contribution < 1.29 is 14.7 Å². The Morgan fingerprint density at radius 3 is 2.70 bits per heavy atom. The van der Waals surface area contributed by atoms with Crippen LogP contribution in [0.4, 0.5) is 16.3 Å².